The van der Waals surface area contributed by atoms with Crippen molar-refractivity contribution in [3.8, 4) is 0 Å². The molecular formula is C21H27N3O3. The molecule has 6 heteroatoms. The minimum Gasteiger partial charge on any atom is -0.467 e. The van der Waals surface area contributed by atoms with Gasteiger partial charge in [0.1, 0.15) is 5.76 Å². The number of carbonyl (C=O) groups excluding carboxylic acids is 2. The van der Waals surface area contributed by atoms with E-state index in [0.29, 0.717) is 37.9 Å². The third kappa shape index (κ3) is 5.36. The second kappa shape index (κ2) is 9.26. The molecule has 1 fully saturated rings. The van der Waals surface area contributed by atoms with E-state index >= 15 is 0 Å². The molecule has 0 spiro atoms. The first-order chi connectivity index (χ1) is 13.2. The van der Waals surface area contributed by atoms with Crippen LogP contribution in [0.25, 0.3) is 0 Å². The fourth-order valence-corrected chi connectivity index (χ4v) is 3.63. The molecule has 6 nitrogen and oxygen atoms in total. The largest absolute Gasteiger partial charge is 0.467 e. The van der Waals surface area contributed by atoms with Crippen molar-refractivity contribution in [3.63, 3.8) is 0 Å². The zero-order chi connectivity index (χ0) is 19.1. The van der Waals surface area contributed by atoms with E-state index < -0.39 is 0 Å². The third-order valence-corrected chi connectivity index (χ3v) is 5.22. The Hall–Kier alpha value is -2.76. The third-order valence-electron chi connectivity index (χ3n) is 5.22. The van der Waals surface area contributed by atoms with Crippen molar-refractivity contribution in [2.45, 2.75) is 32.7 Å². The molecular weight excluding hydrogens is 342 g/mol. The highest BCUT2D eigenvalue weighted by Gasteiger charge is 2.31. The first kappa shape index (κ1) is 19.0. The summed E-state index contributed by atoms with van der Waals surface area (Å²) >= 11 is 0. The monoisotopic (exact) mass is 369 g/mol. The van der Waals surface area contributed by atoms with Crippen LogP contribution in [0.5, 0.6) is 0 Å². The number of urea groups is 1. The van der Waals surface area contributed by atoms with Crippen LogP contribution in [-0.4, -0.2) is 29.9 Å². The molecule has 0 radical (unpaired) electrons. The number of para-hydroxylation sites is 1. The van der Waals surface area contributed by atoms with E-state index in [1.807, 2.05) is 47.4 Å². The molecule has 2 heterocycles. The maximum absolute atomic E-state index is 12.5. The summed E-state index contributed by atoms with van der Waals surface area (Å²) in [6, 6.07) is 13.1. The standard InChI is InChI=1S/C21H27N3O3/c1-2-16-15-24(21(26)23-18-7-4-3-5-8-18)11-10-17(16)13-20(25)22-14-19-9-6-12-27-19/h3-9,12,16-17H,2,10-11,13-15H2,1H3,(H,22,25)(H,23,26)/t16-,17+/m1/s1. The lowest BCUT2D eigenvalue weighted by atomic mass is 9.81. The van der Waals surface area contributed by atoms with Gasteiger partial charge in [-0.3, -0.25) is 4.79 Å². The molecule has 1 aromatic heterocycles. The number of furan rings is 1. The molecule has 27 heavy (non-hydrogen) atoms. The predicted molar refractivity (Wildman–Crippen MR) is 104 cm³/mol. The molecule has 1 aliphatic rings. The maximum atomic E-state index is 12.5. The van der Waals surface area contributed by atoms with Gasteiger partial charge < -0.3 is 20.0 Å². The summed E-state index contributed by atoms with van der Waals surface area (Å²) in [4.78, 5) is 26.7. The van der Waals surface area contributed by atoms with E-state index in [9.17, 15) is 9.59 Å². The van der Waals surface area contributed by atoms with Crippen LogP contribution in [0, 0.1) is 11.8 Å². The molecule has 0 aliphatic carbocycles. The number of rotatable bonds is 6. The molecule has 2 atom stereocenters. The topological polar surface area (TPSA) is 74.6 Å². The van der Waals surface area contributed by atoms with Gasteiger partial charge in [-0.05, 0) is 42.5 Å². The van der Waals surface area contributed by atoms with Gasteiger partial charge in [-0.15, -0.1) is 0 Å². The van der Waals surface area contributed by atoms with E-state index in [0.717, 1.165) is 24.3 Å². The highest BCUT2D eigenvalue weighted by atomic mass is 16.3. The van der Waals surface area contributed by atoms with Crippen LogP contribution in [0.4, 0.5) is 10.5 Å². The maximum Gasteiger partial charge on any atom is 0.321 e. The lowest BCUT2D eigenvalue weighted by molar-refractivity contribution is -0.123. The van der Waals surface area contributed by atoms with Gasteiger partial charge in [0.15, 0.2) is 0 Å². The molecule has 3 amide bonds. The van der Waals surface area contributed by atoms with Gasteiger partial charge in [0.2, 0.25) is 5.91 Å². The predicted octanol–water partition coefficient (Wildman–Crippen LogP) is 3.87. The summed E-state index contributed by atoms with van der Waals surface area (Å²) in [7, 11) is 0. The van der Waals surface area contributed by atoms with Crippen LogP contribution < -0.4 is 10.6 Å². The minimum atomic E-state index is -0.0691. The zero-order valence-electron chi connectivity index (χ0n) is 15.7. The smallest absolute Gasteiger partial charge is 0.321 e. The molecule has 0 unspecified atom stereocenters. The van der Waals surface area contributed by atoms with Crippen molar-refractivity contribution in [2.75, 3.05) is 18.4 Å². The fourth-order valence-electron chi connectivity index (χ4n) is 3.63. The Morgan fingerprint density at radius 2 is 1.96 bits per heavy atom. The highest BCUT2D eigenvalue weighted by Crippen LogP contribution is 2.29. The molecule has 0 saturated carbocycles. The molecule has 0 bridgehead atoms. The second-order valence-electron chi connectivity index (χ2n) is 7.02. The van der Waals surface area contributed by atoms with E-state index in [4.69, 9.17) is 4.42 Å². The van der Waals surface area contributed by atoms with E-state index in [-0.39, 0.29) is 11.9 Å². The summed E-state index contributed by atoms with van der Waals surface area (Å²) in [6.07, 6.45) is 3.89. The Balaban J connectivity index is 1.48. The Morgan fingerprint density at radius 3 is 2.67 bits per heavy atom. The average molecular weight is 369 g/mol. The Morgan fingerprint density at radius 1 is 1.15 bits per heavy atom. The number of carbonyl (C=O) groups is 2. The van der Waals surface area contributed by atoms with Crippen LogP contribution in [-0.2, 0) is 11.3 Å². The van der Waals surface area contributed by atoms with Crippen molar-refractivity contribution in [1.82, 2.24) is 10.2 Å². The van der Waals surface area contributed by atoms with Crippen LogP contribution in [0.3, 0.4) is 0 Å². The van der Waals surface area contributed by atoms with E-state index in [1.165, 1.54) is 0 Å². The summed E-state index contributed by atoms with van der Waals surface area (Å²) < 4.78 is 5.24. The van der Waals surface area contributed by atoms with Gasteiger partial charge >= 0.3 is 6.03 Å². The molecule has 2 aromatic rings. The summed E-state index contributed by atoms with van der Waals surface area (Å²) in [6.45, 7) is 3.90. The van der Waals surface area contributed by atoms with Crippen LogP contribution >= 0.6 is 0 Å². The molecule has 1 aliphatic heterocycles. The molecule has 2 N–H and O–H groups in total. The number of benzene rings is 1. The molecule has 3 rings (SSSR count). The van der Waals surface area contributed by atoms with Crippen molar-refractivity contribution >= 4 is 17.6 Å². The van der Waals surface area contributed by atoms with E-state index in [2.05, 4.69) is 17.6 Å². The normalized spacial score (nSPS) is 19.5. The number of piperidine rings is 1. The van der Waals surface area contributed by atoms with Gasteiger partial charge in [-0.1, -0.05) is 31.5 Å². The van der Waals surface area contributed by atoms with Crippen molar-refractivity contribution in [3.05, 3.63) is 54.5 Å². The van der Waals surface area contributed by atoms with Crippen LogP contribution in [0.15, 0.2) is 53.1 Å². The summed E-state index contributed by atoms with van der Waals surface area (Å²) in [5, 5.41) is 5.86. The quantitative estimate of drug-likeness (QED) is 0.812. The second-order valence-corrected chi connectivity index (χ2v) is 7.02. The lowest BCUT2D eigenvalue weighted by Crippen LogP contribution is -2.46. The number of amides is 3. The fraction of sp³-hybridized carbons (Fsp3) is 0.429. The van der Waals surface area contributed by atoms with Crippen LogP contribution in [0.2, 0.25) is 0 Å². The number of anilines is 1. The number of likely N-dealkylation sites (tertiary alicyclic amines) is 1. The van der Waals surface area contributed by atoms with Gasteiger partial charge in [0, 0.05) is 25.2 Å². The number of hydrogen-bond acceptors (Lipinski definition) is 3. The molecule has 1 saturated heterocycles. The summed E-state index contributed by atoms with van der Waals surface area (Å²) in [5.74, 6) is 1.42. The van der Waals surface area contributed by atoms with Crippen molar-refractivity contribution in [2.24, 2.45) is 11.8 Å². The van der Waals surface area contributed by atoms with Gasteiger partial charge in [0.25, 0.3) is 0 Å². The highest BCUT2D eigenvalue weighted by molar-refractivity contribution is 5.89. The molecule has 1 aromatic carbocycles. The first-order valence-corrected chi connectivity index (χ1v) is 9.55. The zero-order valence-corrected chi connectivity index (χ0v) is 15.7. The van der Waals surface area contributed by atoms with Gasteiger partial charge in [-0.25, -0.2) is 4.79 Å². The Bertz CT molecular complexity index is 730. The SMILES string of the molecule is CC[C@@H]1CN(C(=O)Nc2ccccc2)CC[C@H]1CC(=O)NCc1ccco1. The van der Waals surface area contributed by atoms with Crippen molar-refractivity contribution < 1.29 is 14.0 Å². The molecule has 144 valence electrons. The Labute approximate surface area is 159 Å². The van der Waals surface area contributed by atoms with Crippen molar-refractivity contribution in [1.29, 1.82) is 0 Å². The number of nitrogens with one attached hydrogen (secondary N) is 2. The minimum absolute atomic E-state index is 0.0389. The van der Waals surface area contributed by atoms with Gasteiger partial charge in [-0.2, -0.15) is 0 Å². The van der Waals surface area contributed by atoms with Crippen LogP contribution in [0.1, 0.15) is 31.9 Å². The Kier molecular flexibility index (Phi) is 6.52. The number of nitrogens with zero attached hydrogens (tertiary/aromatic N) is 1. The van der Waals surface area contributed by atoms with E-state index in [1.54, 1.807) is 6.26 Å². The van der Waals surface area contributed by atoms with Gasteiger partial charge in [0.05, 0.1) is 12.8 Å². The average Bonchev–Trinajstić information content (AvgIpc) is 3.21. The lowest BCUT2D eigenvalue weighted by Gasteiger charge is -2.38. The summed E-state index contributed by atoms with van der Waals surface area (Å²) in [5.41, 5.74) is 0.801. The first-order valence-electron chi connectivity index (χ1n) is 9.55. The number of hydrogen-bond donors (Lipinski definition) is 2.